The third kappa shape index (κ3) is 5.04. The lowest BCUT2D eigenvalue weighted by Gasteiger charge is -2.28. The van der Waals surface area contributed by atoms with Gasteiger partial charge in [0.15, 0.2) is 0 Å². The maximum atomic E-state index is 9.46. The Hall–Kier alpha value is 0.220. The fraction of sp³-hybridized carbons (Fsp3) is 0. The maximum absolute atomic E-state index is 9.46. The molecule has 0 atom stereocenters. The van der Waals surface area contributed by atoms with Crippen LogP contribution in [0.15, 0.2) is 0 Å². The van der Waals surface area contributed by atoms with Gasteiger partial charge in [0.05, 0.1) is 0 Å². The molecule has 0 spiro atoms. The minimum absolute atomic E-state index is 0. The van der Waals surface area contributed by atoms with Crippen molar-refractivity contribution in [2.45, 2.75) is 0 Å². The molecule has 10 heavy (non-hydrogen) atoms. The molecule has 0 saturated carbocycles. The van der Waals surface area contributed by atoms with Crippen LogP contribution >= 0.6 is 14.6 Å². The van der Waals surface area contributed by atoms with Gasteiger partial charge >= 0.3 is 7.28 Å². The second-order valence-corrected chi connectivity index (χ2v) is 5.98. The molecule has 0 aliphatic carbocycles. The van der Waals surface area contributed by atoms with Crippen molar-refractivity contribution in [1.82, 2.24) is 12.3 Å². The molecule has 10 heteroatoms. The summed E-state index contributed by atoms with van der Waals surface area (Å²) in [5, 5.41) is 0. The number of hydrogen-bond acceptors (Lipinski definition) is 4. The van der Waals surface area contributed by atoms with Gasteiger partial charge in [-0.05, 0) is 0 Å². The van der Waals surface area contributed by atoms with Crippen LogP contribution in [0.2, 0.25) is 0 Å². The molecule has 0 rings (SSSR count). The molecule has 0 bridgehead atoms. The first-order chi connectivity index (χ1) is 3.25. The molecule has 10 N–H and O–H groups in total. The second kappa shape index (κ2) is 4.17. The maximum Gasteiger partial charge on any atom is 0.352 e. The van der Waals surface area contributed by atoms with Crippen LogP contribution < -0.4 is 22.1 Å². The van der Waals surface area contributed by atoms with Crippen LogP contribution in [0.3, 0.4) is 0 Å². The van der Waals surface area contributed by atoms with E-state index >= 15 is 0 Å². The van der Waals surface area contributed by atoms with Gasteiger partial charge in [0.1, 0.15) is 0 Å². The quantitative estimate of drug-likeness (QED) is 0.377. The van der Waals surface area contributed by atoms with Crippen molar-refractivity contribution >= 4 is 14.6 Å². The van der Waals surface area contributed by atoms with Gasteiger partial charge in [0, 0.05) is 7.28 Å². The van der Waals surface area contributed by atoms with Crippen molar-refractivity contribution in [3.8, 4) is 0 Å². The molecule has 0 heterocycles. The summed E-state index contributed by atoms with van der Waals surface area (Å²) >= 11 is 0. The first kappa shape index (κ1) is 16.7. The minimum Gasteiger partial charge on any atom is -0.802 e. The summed E-state index contributed by atoms with van der Waals surface area (Å²) in [7, 11) is -11.1. The number of quaternary nitrogens is 2. The van der Waals surface area contributed by atoms with Crippen molar-refractivity contribution in [2.24, 2.45) is 0 Å². The van der Waals surface area contributed by atoms with E-state index < -0.39 is 14.6 Å². The third-order valence-corrected chi connectivity index (χ3v) is 2.87. The summed E-state index contributed by atoms with van der Waals surface area (Å²) < 4.78 is 18.8. The zero-order valence-electron chi connectivity index (χ0n) is 5.42. The van der Waals surface area contributed by atoms with E-state index in [1.165, 1.54) is 0 Å². The minimum atomic E-state index is -5.68. The smallest absolute Gasteiger partial charge is 0.352 e. The molecule has 66 valence electrons. The Morgan fingerprint density at radius 1 is 1.00 bits per heavy atom. The van der Waals surface area contributed by atoms with E-state index in [0.717, 1.165) is 0 Å². The van der Waals surface area contributed by atoms with Crippen LogP contribution in [0.25, 0.3) is 0 Å². The molecule has 0 saturated heterocycles. The molecule has 0 radical (unpaired) electrons. The summed E-state index contributed by atoms with van der Waals surface area (Å²) in [5.74, 6) is 0. The van der Waals surface area contributed by atoms with Crippen molar-refractivity contribution in [3.63, 3.8) is 0 Å². The Morgan fingerprint density at radius 2 is 1.10 bits per heavy atom. The molecule has 0 amide bonds. The zero-order chi connectivity index (χ0) is 7.00. The zero-order valence-corrected chi connectivity index (χ0v) is 7.21. The molecule has 0 aliphatic rings. The highest BCUT2D eigenvalue weighted by Gasteiger charge is 2.17. The van der Waals surface area contributed by atoms with E-state index in [9.17, 15) is 18.9 Å². The highest BCUT2D eigenvalue weighted by atomic mass is 32.1. The van der Waals surface area contributed by atoms with E-state index in [1.54, 1.807) is 0 Å². The Balaban J connectivity index is -0.000000245. The summed E-state index contributed by atoms with van der Waals surface area (Å²) in [5.41, 5.74) is 0. The standard InChI is InChI=1S/2H3N.H4O6P2/c;;1-7(2,3)8(4,5)6/h2*1H3;(H2,1,2,3)(H2,4,5,6). The fourth-order valence-electron chi connectivity index (χ4n) is 0. The van der Waals surface area contributed by atoms with Crippen LogP contribution in [0.4, 0.5) is 0 Å². The predicted molar refractivity (Wildman–Crippen MR) is 31.6 cm³/mol. The van der Waals surface area contributed by atoms with Crippen LogP contribution in [-0.4, -0.2) is 9.79 Å². The summed E-state index contributed by atoms with van der Waals surface area (Å²) in [4.78, 5) is 33.9. The lowest BCUT2D eigenvalue weighted by atomic mass is 14.0. The van der Waals surface area contributed by atoms with E-state index in [-0.39, 0.29) is 12.3 Å². The Morgan fingerprint density at radius 3 is 1.10 bits per heavy atom. The third-order valence-electron chi connectivity index (χ3n) is 0.319. The van der Waals surface area contributed by atoms with Crippen molar-refractivity contribution < 1.29 is 28.7 Å². The Bertz CT molecular complexity index is 143. The second-order valence-electron chi connectivity index (χ2n) is 0.982. The fourth-order valence-corrected chi connectivity index (χ4v) is 0. The summed E-state index contributed by atoms with van der Waals surface area (Å²) in [6.45, 7) is 0. The summed E-state index contributed by atoms with van der Waals surface area (Å²) in [6, 6.07) is 0. The molecule has 0 aliphatic heterocycles. The van der Waals surface area contributed by atoms with Gasteiger partial charge in [-0.15, -0.1) is 0 Å². The van der Waals surface area contributed by atoms with Crippen molar-refractivity contribution in [1.29, 1.82) is 0 Å². The topological polar surface area (TPSA) is 194 Å². The number of rotatable bonds is 1. The van der Waals surface area contributed by atoms with E-state index in [1.807, 2.05) is 0 Å². The highest BCUT2D eigenvalue weighted by Crippen LogP contribution is 2.65. The van der Waals surface area contributed by atoms with Gasteiger partial charge in [-0.25, -0.2) is 0 Å². The van der Waals surface area contributed by atoms with Gasteiger partial charge in [0.25, 0.3) is 0 Å². The van der Waals surface area contributed by atoms with E-state index in [0.29, 0.717) is 0 Å². The average molecular weight is 196 g/mol. The van der Waals surface area contributed by atoms with Gasteiger partial charge in [-0.3, -0.25) is 4.57 Å². The lowest BCUT2D eigenvalue weighted by Crippen LogP contribution is -2.13. The van der Waals surface area contributed by atoms with Gasteiger partial charge < -0.3 is 36.4 Å². The van der Waals surface area contributed by atoms with Gasteiger partial charge in [-0.1, -0.05) is 0 Å². The largest absolute Gasteiger partial charge is 0.802 e. The van der Waals surface area contributed by atoms with Gasteiger partial charge in [-0.2, -0.15) is 0 Å². The van der Waals surface area contributed by atoms with E-state index in [4.69, 9.17) is 9.79 Å². The predicted octanol–water partition coefficient (Wildman–Crippen LogP) is -1.25. The van der Waals surface area contributed by atoms with Crippen LogP contribution in [0.5, 0.6) is 0 Å². The molecular formula is H10N2O6P2. The summed E-state index contributed by atoms with van der Waals surface area (Å²) in [6.07, 6.45) is 0. The normalized spacial score (nSPS) is 11.2. The number of hydrogen-bond donors (Lipinski definition) is 4. The van der Waals surface area contributed by atoms with Crippen molar-refractivity contribution in [2.75, 3.05) is 0 Å². The first-order valence-corrected chi connectivity index (χ1v) is 5.19. The van der Waals surface area contributed by atoms with E-state index in [2.05, 4.69) is 0 Å². The molecule has 0 fully saturated rings. The van der Waals surface area contributed by atoms with Crippen LogP contribution in [0.1, 0.15) is 0 Å². The first-order valence-electron chi connectivity index (χ1n) is 1.33. The lowest BCUT2D eigenvalue weighted by molar-refractivity contribution is -0.305. The highest BCUT2D eigenvalue weighted by molar-refractivity contribution is 8.24. The van der Waals surface area contributed by atoms with Crippen LogP contribution in [-0.2, 0) is 9.13 Å². The molecule has 0 unspecified atom stereocenters. The SMILES string of the molecule is O=P([O-])([O-])P(=O)(O)O.[NH4+].[NH4+]. The van der Waals surface area contributed by atoms with Crippen molar-refractivity contribution in [3.05, 3.63) is 0 Å². The Labute approximate surface area is 56.6 Å². The molecule has 8 nitrogen and oxygen atoms in total. The Kier molecular flexibility index (Phi) is 6.95. The van der Waals surface area contributed by atoms with Crippen LogP contribution in [0, 0.1) is 0 Å². The molecule has 0 aromatic heterocycles. The van der Waals surface area contributed by atoms with Gasteiger partial charge in [0.2, 0.25) is 0 Å². The average Bonchev–Trinajstić information content (AvgIpc) is 1.25. The molecular weight excluding hydrogens is 186 g/mol. The molecule has 0 aromatic carbocycles. The monoisotopic (exact) mass is 196 g/mol. The molecule has 0 aromatic rings.